The molecule has 8 heteroatoms. The van der Waals surface area contributed by atoms with E-state index >= 15 is 0 Å². The van der Waals surface area contributed by atoms with Gasteiger partial charge in [-0.25, -0.2) is 0 Å². The van der Waals surface area contributed by atoms with Gasteiger partial charge in [-0.2, -0.15) is 0 Å². The summed E-state index contributed by atoms with van der Waals surface area (Å²) in [7, 11) is 3.46. The highest BCUT2D eigenvalue weighted by Gasteiger charge is 2.27. The number of hydrogen-bond donors (Lipinski definition) is 0. The minimum absolute atomic E-state index is 0.00873. The number of carbonyl (C=O) groups excluding carboxylic acids is 2. The molecule has 1 aromatic heterocycles. The molecular weight excluding hydrogens is 444 g/mol. The lowest BCUT2D eigenvalue weighted by Crippen LogP contribution is -2.36. The van der Waals surface area contributed by atoms with Crippen LogP contribution in [0.3, 0.4) is 0 Å². The first-order chi connectivity index (χ1) is 17.0. The Morgan fingerprint density at radius 2 is 1.94 bits per heavy atom. The van der Waals surface area contributed by atoms with Crippen LogP contribution < -0.4 is 4.74 Å². The third kappa shape index (κ3) is 5.88. The van der Waals surface area contributed by atoms with Gasteiger partial charge in [0.2, 0.25) is 0 Å². The first-order valence-corrected chi connectivity index (χ1v) is 12.0. The molecule has 0 saturated heterocycles. The van der Waals surface area contributed by atoms with E-state index in [0.717, 1.165) is 41.8 Å². The van der Waals surface area contributed by atoms with Gasteiger partial charge in [0.05, 0.1) is 25.8 Å². The van der Waals surface area contributed by atoms with Gasteiger partial charge in [0.25, 0.3) is 5.91 Å². The lowest BCUT2D eigenvalue weighted by Gasteiger charge is -2.32. The van der Waals surface area contributed by atoms with E-state index in [4.69, 9.17) is 9.47 Å². The topological polar surface area (TPSA) is 86.6 Å². The second-order valence-corrected chi connectivity index (χ2v) is 8.82. The fourth-order valence-electron chi connectivity index (χ4n) is 4.73. The lowest BCUT2D eigenvalue weighted by molar-refractivity contribution is -0.143. The smallest absolute Gasteiger partial charge is 0.306 e. The Bertz CT molecular complexity index is 1170. The van der Waals surface area contributed by atoms with E-state index in [1.54, 1.807) is 36.1 Å². The van der Waals surface area contributed by atoms with Gasteiger partial charge in [-0.05, 0) is 73.1 Å². The summed E-state index contributed by atoms with van der Waals surface area (Å²) >= 11 is 0. The molecule has 0 bridgehead atoms. The van der Waals surface area contributed by atoms with Gasteiger partial charge < -0.3 is 14.4 Å². The molecule has 35 heavy (non-hydrogen) atoms. The van der Waals surface area contributed by atoms with Crippen molar-refractivity contribution < 1.29 is 19.1 Å². The van der Waals surface area contributed by atoms with E-state index in [9.17, 15) is 9.59 Å². The fourth-order valence-corrected chi connectivity index (χ4v) is 4.73. The first kappa shape index (κ1) is 24.4. The van der Waals surface area contributed by atoms with Crippen molar-refractivity contribution in [2.45, 2.75) is 45.1 Å². The molecule has 0 saturated carbocycles. The summed E-state index contributed by atoms with van der Waals surface area (Å²) in [6.07, 6.45) is 4.47. The van der Waals surface area contributed by atoms with E-state index in [-0.39, 0.29) is 17.8 Å². The van der Waals surface area contributed by atoms with Gasteiger partial charge in [-0.3, -0.25) is 14.3 Å². The minimum Gasteiger partial charge on any atom is -0.497 e. The highest BCUT2D eigenvalue weighted by atomic mass is 16.5. The predicted octanol–water partition coefficient (Wildman–Crippen LogP) is 3.69. The van der Waals surface area contributed by atoms with E-state index in [2.05, 4.69) is 22.4 Å². The van der Waals surface area contributed by atoms with E-state index in [1.165, 1.54) is 5.56 Å². The summed E-state index contributed by atoms with van der Waals surface area (Å²) in [6, 6.07) is 13.4. The highest BCUT2D eigenvalue weighted by molar-refractivity contribution is 5.94. The number of aromatic nitrogens is 3. The van der Waals surface area contributed by atoms with E-state index in [0.29, 0.717) is 31.7 Å². The third-order valence-corrected chi connectivity index (χ3v) is 6.48. The zero-order valence-electron chi connectivity index (χ0n) is 20.6. The number of fused-ring (bicyclic) bond motifs is 1. The second kappa shape index (κ2) is 11.2. The lowest BCUT2D eigenvalue weighted by atomic mass is 9.83. The number of ether oxygens (including phenoxy) is 2. The molecule has 184 valence electrons. The Morgan fingerprint density at radius 3 is 2.63 bits per heavy atom. The number of amides is 1. The van der Waals surface area contributed by atoms with Crippen LogP contribution in [0.1, 0.15) is 58.4 Å². The monoisotopic (exact) mass is 476 g/mol. The Morgan fingerprint density at radius 1 is 1.14 bits per heavy atom. The summed E-state index contributed by atoms with van der Waals surface area (Å²) in [5.74, 6) is 0.551. The summed E-state index contributed by atoms with van der Waals surface area (Å²) < 4.78 is 12.2. The zero-order valence-corrected chi connectivity index (χ0v) is 20.6. The van der Waals surface area contributed by atoms with Crippen LogP contribution in [0.5, 0.6) is 5.75 Å². The summed E-state index contributed by atoms with van der Waals surface area (Å²) in [5, 5.41) is 8.22. The Labute approximate surface area is 205 Å². The van der Waals surface area contributed by atoms with Gasteiger partial charge in [0.1, 0.15) is 5.75 Å². The van der Waals surface area contributed by atoms with Crippen LogP contribution in [0.15, 0.2) is 48.7 Å². The van der Waals surface area contributed by atoms with Gasteiger partial charge in [0.15, 0.2) is 0 Å². The molecule has 1 amide bonds. The summed E-state index contributed by atoms with van der Waals surface area (Å²) in [4.78, 5) is 27.4. The molecule has 1 atom stereocenters. The number of aryl methyl sites for hydroxylation is 2. The number of rotatable bonds is 9. The fraction of sp³-hybridized carbons (Fsp3) is 0.407. The SMILES string of the molecule is CCOC(=O)CC(CCc1cn(C)nn1)c1cccc2c1CCN(C(=O)c1ccc(OC)cc1)C2. The van der Waals surface area contributed by atoms with Gasteiger partial charge in [-0.1, -0.05) is 23.4 Å². The number of methoxy groups -OCH3 is 1. The Hall–Kier alpha value is -3.68. The van der Waals surface area contributed by atoms with Crippen molar-refractivity contribution in [2.75, 3.05) is 20.3 Å². The maximum absolute atomic E-state index is 13.1. The molecule has 0 N–H and O–H groups in total. The van der Waals surface area contributed by atoms with Crippen LogP contribution in [0.4, 0.5) is 0 Å². The molecule has 4 rings (SSSR count). The van der Waals surface area contributed by atoms with E-state index in [1.807, 2.05) is 31.1 Å². The Kier molecular flexibility index (Phi) is 7.80. The number of esters is 1. The molecule has 1 aliphatic rings. The number of nitrogens with zero attached hydrogens (tertiary/aromatic N) is 4. The Balaban J connectivity index is 1.53. The molecular formula is C27H32N4O4. The van der Waals surface area contributed by atoms with Crippen LogP contribution in [0.25, 0.3) is 0 Å². The maximum atomic E-state index is 13.1. The quantitative estimate of drug-likeness (QED) is 0.438. The standard InChI is InChI=1S/C27H32N4O4/c1-4-35-26(32)16-20(8-11-22-18-30(2)29-28-22)24-7-5-6-21-17-31(15-14-25(21)24)27(33)19-9-12-23(34-3)13-10-19/h5-7,9-10,12-13,18,20H,4,8,11,14-17H2,1-3H3. The van der Waals surface area contributed by atoms with Crippen LogP contribution in [-0.2, 0) is 36.0 Å². The molecule has 8 nitrogen and oxygen atoms in total. The summed E-state index contributed by atoms with van der Waals surface area (Å²) in [5.41, 5.74) is 5.08. The van der Waals surface area contributed by atoms with Crippen molar-refractivity contribution in [1.29, 1.82) is 0 Å². The average Bonchev–Trinajstić information content (AvgIpc) is 3.30. The van der Waals surface area contributed by atoms with Crippen LogP contribution in [0.2, 0.25) is 0 Å². The second-order valence-electron chi connectivity index (χ2n) is 8.82. The van der Waals surface area contributed by atoms with Crippen molar-refractivity contribution in [2.24, 2.45) is 7.05 Å². The molecule has 0 aliphatic carbocycles. The molecule has 0 spiro atoms. The molecule has 3 aromatic rings. The molecule has 0 fully saturated rings. The van der Waals surface area contributed by atoms with Crippen molar-refractivity contribution in [3.8, 4) is 5.75 Å². The molecule has 1 unspecified atom stereocenters. The molecule has 2 aromatic carbocycles. The molecule has 0 radical (unpaired) electrons. The molecule has 1 aliphatic heterocycles. The first-order valence-electron chi connectivity index (χ1n) is 12.0. The zero-order chi connectivity index (χ0) is 24.8. The normalized spacial score (nSPS) is 13.7. The molecule has 2 heterocycles. The average molecular weight is 477 g/mol. The third-order valence-electron chi connectivity index (χ3n) is 6.48. The van der Waals surface area contributed by atoms with Gasteiger partial charge >= 0.3 is 5.97 Å². The van der Waals surface area contributed by atoms with E-state index < -0.39 is 0 Å². The van der Waals surface area contributed by atoms with Crippen molar-refractivity contribution >= 4 is 11.9 Å². The number of hydrogen-bond acceptors (Lipinski definition) is 6. The number of carbonyl (C=O) groups is 2. The van der Waals surface area contributed by atoms with Crippen LogP contribution in [0, 0.1) is 0 Å². The largest absolute Gasteiger partial charge is 0.497 e. The minimum atomic E-state index is -0.193. The highest BCUT2D eigenvalue weighted by Crippen LogP contribution is 2.33. The van der Waals surface area contributed by atoms with Crippen molar-refractivity contribution in [3.05, 3.63) is 76.6 Å². The van der Waals surface area contributed by atoms with Crippen molar-refractivity contribution in [3.63, 3.8) is 0 Å². The summed E-state index contributed by atoms with van der Waals surface area (Å²) in [6.45, 7) is 3.37. The van der Waals surface area contributed by atoms with Crippen molar-refractivity contribution in [1.82, 2.24) is 19.9 Å². The van der Waals surface area contributed by atoms with Crippen LogP contribution in [-0.4, -0.2) is 52.0 Å². The van der Waals surface area contributed by atoms with Gasteiger partial charge in [0, 0.05) is 31.9 Å². The maximum Gasteiger partial charge on any atom is 0.306 e. The van der Waals surface area contributed by atoms with Gasteiger partial charge in [-0.15, -0.1) is 5.10 Å². The predicted molar refractivity (Wildman–Crippen MR) is 131 cm³/mol. The number of benzene rings is 2. The van der Waals surface area contributed by atoms with Crippen LogP contribution >= 0.6 is 0 Å².